The van der Waals surface area contributed by atoms with Crippen LogP contribution >= 0.6 is 23.2 Å². The minimum absolute atomic E-state index is 0.219. The summed E-state index contributed by atoms with van der Waals surface area (Å²) >= 11 is 11.7. The maximum absolute atomic E-state index is 12.0. The number of carbonyl (C=O) groups excluding carboxylic acids is 2. The molecule has 5 nitrogen and oxygen atoms in total. The van der Waals surface area contributed by atoms with Gasteiger partial charge in [-0.15, -0.1) is 0 Å². The molecule has 0 unspecified atom stereocenters. The molecular weight excluding hydrogens is 349 g/mol. The third-order valence-electron chi connectivity index (χ3n) is 3.07. The quantitative estimate of drug-likeness (QED) is 0.632. The van der Waals surface area contributed by atoms with Gasteiger partial charge in [-0.25, -0.2) is 5.43 Å². The number of hydrogen-bond acceptors (Lipinski definition) is 3. The molecular formula is C17H15Cl2N3O2. The largest absolute Gasteiger partial charge is 0.343 e. The molecule has 0 aliphatic carbocycles. The first-order valence-electron chi connectivity index (χ1n) is 7.07. The molecule has 24 heavy (non-hydrogen) atoms. The lowest BCUT2D eigenvalue weighted by Gasteiger charge is -2.06. The number of aryl methyl sites for hydroxylation is 1. The zero-order valence-electron chi connectivity index (χ0n) is 12.8. The van der Waals surface area contributed by atoms with Crippen molar-refractivity contribution in [1.82, 2.24) is 10.7 Å². The van der Waals surface area contributed by atoms with Gasteiger partial charge in [-0.2, -0.15) is 5.10 Å². The van der Waals surface area contributed by atoms with Crippen molar-refractivity contribution >= 4 is 41.2 Å². The van der Waals surface area contributed by atoms with Crippen molar-refractivity contribution in [3.05, 3.63) is 69.2 Å². The highest BCUT2D eigenvalue weighted by Crippen LogP contribution is 2.20. The lowest BCUT2D eigenvalue weighted by molar-refractivity contribution is -0.120. The van der Waals surface area contributed by atoms with Crippen LogP contribution in [-0.4, -0.2) is 24.6 Å². The highest BCUT2D eigenvalue weighted by atomic mass is 35.5. The molecule has 0 saturated carbocycles. The summed E-state index contributed by atoms with van der Waals surface area (Å²) in [5, 5.41) is 6.94. The van der Waals surface area contributed by atoms with Gasteiger partial charge in [-0.1, -0.05) is 53.0 Å². The SMILES string of the molecule is Cc1ccc(/C=N\NC(=O)CNC(=O)c2ccc(Cl)cc2Cl)cc1. The number of nitrogens with zero attached hydrogens (tertiary/aromatic N) is 1. The smallest absolute Gasteiger partial charge is 0.259 e. The van der Waals surface area contributed by atoms with E-state index in [1.54, 1.807) is 6.07 Å². The molecule has 0 atom stereocenters. The Labute approximate surface area is 149 Å². The maximum Gasteiger partial charge on any atom is 0.259 e. The van der Waals surface area contributed by atoms with Crippen LogP contribution in [0, 0.1) is 6.92 Å². The van der Waals surface area contributed by atoms with Crippen molar-refractivity contribution in [1.29, 1.82) is 0 Å². The zero-order valence-corrected chi connectivity index (χ0v) is 14.4. The van der Waals surface area contributed by atoms with E-state index in [4.69, 9.17) is 23.2 Å². The Balaban J connectivity index is 1.82. The third-order valence-corrected chi connectivity index (χ3v) is 3.61. The molecule has 2 rings (SSSR count). The number of hydrazone groups is 1. The molecule has 2 N–H and O–H groups in total. The van der Waals surface area contributed by atoms with Crippen LogP contribution < -0.4 is 10.7 Å². The zero-order chi connectivity index (χ0) is 17.5. The van der Waals surface area contributed by atoms with E-state index < -0.39 is 11.8 Å². The molecule has 0 aliphatic heterocycles. The molecule has 2 aromatic rings. The van der Waals surface area contributed by atoms with Crippen molar-refractivity contribution in [2.45, 2.75) is 6.92 Å². The van der Waals surface area contributed by atoms with Crippen molar-refractivity contribution in [3.63, 3.8) is 0 Å². The Bertz CT molecular complexity index is 774. The van der Waals surface area contributed by atoms with Gasteiger partial charge < -0.3 is 5.32 Å². The summed E-state index contributed by atoms with van der Waals surface area (Å²) in [5.41, 5.74) is 4.58. The molecule has 0 spiro atoms. The van der Waals surface area contributed by atoms with E-state index in [9.17, 15) is 9.59 Å². The number of amides is 2. The summed E-state index contributed by atoms with van der Waals surface area (Å²) in [5.74, 6) is -0.911. The minimum Gasteiger partial charge on any atom is -0.343 e. The molecule has 0 aromatic heterocycles. The number of hydrogen-bond donors (Lipinski definition) is 2. The molecule has 0 aliphatic rings. The van der Waals surface area contributed by atoms with Gasteiger partial charge in [0.15, 0.2) is 0 Å². The summed E-state index contributed by atoms with van der Waals surface area (Å²) in [7, 11) is 0. The molecule has 2 amide bonds. The van der Waals surface area contributed by atoms with E-state index in [2.05, 4.69) is 15.8 Å². The van der Waals surface area contributed by atoms with Gasteiger partial charge in [0.05, 0.1) is 23.3 Å². The number of carbonyl (C=O) groups is 2. The second-order valence-corrected chi connectivity index (χ2v) is 5.85. The third kappa shape index (κ3) is 5.37. The Morgan fingerprint density at radius 3 is 2.50 bits per heavy atom. The predicted octanol–water partition coefficient (Wildman–Crippen LogP) is 3.18. The normalized spacial score (nSPS) is 10.6. The fraction of sp³-hybridized carbons (Fsp3) is 0.118. The van der Waals surface area contributed by atoms with Crippen LogP contribution in [0.5, 0.6) is 0 Å². The fourth-order valence-corrected chi connectivity index (χ4v) is 2.29. The van der Waals surface area contributed by atoms with E-state index in [1.807, 2.05) is 31.2 Å². The summed E-state index contributed by atoms with van der Waals surface area (Å²) in [6.07, 6.45) is 1.52. The van der Waals surface area contributed by atoms with Crippen molar-refractivity contribution in [2.24, 2.45) is 5.10 Å². The molecule has 0 fully saturated rings. The molecule has 2 aromatic carbocycles. The summed E-state index contributed by atoms with van der Waals surface area (Å²) < 4.78 is 0. The van der Waals surface area contributed by atoms with E-state index in [-0.39, 0.29) is 17.1 Å². The van der Waals surface area contributed by atoms with Crippen LogP contribution in [0.2, 0.25) is 10.0 Å². The van der Waals surface area contributed by atoms with E-state index in [1.165, 1.54) is 18.3 Å². The van der Waals surface area contributed by atoms with Crippen LogP contribution in [0.3, 0.4) is 0 Å². The number of halogens is 2. The number of rotatable bonds is 5. The second-order valence-electron chi connectivity index (χ2n) is 5.01. The molecule has 0 radical (unpaired) electrons. The van der Waals surface area contributed by atoms with Crippen LogP contribution in [-0.2, 0) is 4.79 Å². The van der Waals surface area contributed by atoms with Gasteiger partial charge >= 0.3 is 0 Å². The Morgan fingerprint density at radius 1 is 1.12 bits per heavy atom. The highest BCUT2D eigenvalue weighted by molar-refractivity contribution is 6.36. The predicted molar refractivity (Wildman–Crippen MR) is 95.7 cm³/mol. The second kappa shape index (κ2) is 8.47. The Morgan fingerprint density at radius 2 is 1.83 bits per heavy atom. The minimum atomic E-state index is -0.464. The summed E-state index contributed by atoms with van der Waals surface area (Å²) in [4.78, 5) is 23.6. The molecule has 7 heteroatoms. The average Bonchev–Trinajstić information content (AvgIpc) is 2.54. The molecule has 0 heterocycles. The topological polar surface area (TPSA) is 70.6 Å². The standard InChI is InChI=1S/C17H15Cl2N3O2/c1-11-2-4-12(5-3-11)9-21-22-16(23)10-20-17(24)14-7-6-13(18)8-15(14)19/h2-9H,10H2,1H3,(H,20,24)(H,22,23)/b21-9-. The monoisotopic (exact) mass is 363 g/mol. The van der Waals surface area contributed by atoms with Crippen LogP contribution in [0.4, 0.5) is 0 Å². The van der Waals surface area contributed by atoms with Gasteiger partial charge in [0, 0.05) is 5.02 Å². The van der Waals surface area contributed by atoms with Crippen LogP contribution in [0.25, 0.3) is 0 Å². The van der Waals surface area contributed by atoms with E-state index in [0.29, 0.717) is 5.02 Å². The lowest BCUT2D eigenvalue weighted by Crippen LogP contribution is -2.35. The number of benzene rings is 2. The van der Waals surface area contributed by atoms with E-state index in [0.717, 1.165) is 11.1 Å². The van der Waals surface area contributed by atoms with Gasteiger partial charge in [-0.3, -0.25) is 9.59 Å². The van der Waals surface area contributed by atoms with Gasteiger partial charge in [-0.05, 0) is 30.7 Å². The maximum atomic E-state index is 12.0. The van der Waals surface area contributed by atoms with Gasteiger partial charge in [0.25, 0.3) is 11.8 Å². The van der Waals surface area contributed by atoms with E-state index >= 15 is 0 Å². The van der Waals surface area contributed by atoms with Crippen LogP contribution in [0.15, 0.2) is 47.6 Å². The molecule has 0 saturated heterocycles. The highest BCUT2D eigenvalue weighted by Gasteiger charge is 2.11. The summed E-state index contributed by atoms with van der Waals surface area (Å²) in [6, 6.07) is 12.2. The van der Waals surface area contributed by atoms with Crippen molar-refractivity contribution in [2.75, 3.05) is 6.54 Å². The van der Waals surface area contributed by atoms with Gasteiger partial charge in [0.2, 0.25) is 0 Å². The molecule has 0 bridgehead atoms. The van der Waals surface area contributed by atoms with Crippen molar-refractivity contribution < 1.29 is 9.59 Å². The Hall–Kier alpha value is -2.37. The first kappa shape index (κ1) is 18.0. The van der Waals surface area contributed by atoms with Gasteiger partial charge in [0.1, 0.15) is 0 Å². The first-order chi connectivity index (χ1) is 11.5. The average molecular weight is 364 g/mol. The van der Waals surface area contributed by atoms with Crippen LogP contribution in [0.1, 0.15) is 21.5 Å². The number of nitrogens with one attached hydrogen (secondary N) is 2. The first-order valence-corrected chi connectivity index (χ1v) is 7.83. The van der Waals surface area contributed by atoms with Crippen molar-refractivity contribution in [3.8, 4) is 0 Å². The lowest BCUT2D eigenvalue weighted by atomic mass is 10.2. The Kier molecular flexibility index (Phi) is 6.35. The molecule has 124 valence electrons. The summed E-state index contributed by atoms with van der Waals surface area (Å²) in [6.45, 7) is 1.77. The fourth-order valence-electron chi connectivity index (χ4n) is 1.80.